The van der Waals surface area contributed by atoms with Gasteiger partial charge in [-0.1, -0.05) is 5.92 Å². The normalized spacial score (nSPS) is 31.2. The highest BCUT2D eigenvalue weighted by Crippen LogP contribution is 2.34. The first kappa shape index (κ1) is 12.8. The van der Waals surface area contributed by atoms with Gasteiger partial charge in [-0.15, -0.1) is 6.42 Å². The van der Waals surface area contributed by atoms with Crippen molar-refractivity contribution >= 4 is 0 Å². The Balaban J connectivity index is 2.39. The molecule has 6 heteroatoms. The first-order valence-electron chi connectivity index (χ1n) is 5.40. The number of H-pyrrole nitrogens is 1. The summed E-state index contributed by atoms with van der Waals surface area (Å²) in [5.74, 6) is 2.29. The molecule has 4 atom stereocenters. The molecule has 0 spiro atoms. The van der Waals surface area contributed by atoms with E-state index in [-0.39, 0.29) is 11.3 Å². The van der Waals surface area contributed by atoms with E-state index in [0.29, 0.717) is 5.56 Å². The van der Waals surface area contributed by atoms with Crippen molar-refractivity contribution in [2.75, 3.05) is 6.61 Å². The molecular weight excluding hydrogens is 238 g/mol. The van der Waals surface area contributed by atoms with E-state index in [1.807, 2.05) is 0 Å². The van der Waals surface area contributed by atoms with E-state index in [2.05, 4.69) is 10.9 Å². The number of terminal acetylenes is 1. The number of aromatic nitrogens is 1. The van der Waals surface area contributed by atoms with Crippen molar-refractivity contribution in [2.24, 2.45) is 0 Å². The van der Waals surface area contributed by atoms with Gasteiger partial charge in [-0.05, 0) is 6.07 Å². The van der Waals surface area contributed by atoms with Gasteiger partial charge in [0.15, 0.2) is 0 Å². The highest BCUT2D eigenvalue weighted by molar-refractivity contribution is 5.36. The van der Waals surface area contributed by atoms with Crippen molar-refractivity contribution < 1.29 is 20.1 Å². The molecule has 0 amide bonds. The van der Waals surface area contributed by atoms with Gasteiger partial charge in [0.25, 0.3) is 0 Å². The third kappa shape index (κ3) is 2.05. The second-order valence-electron chi connectivity index (χ2n) is 4.06. The Labute approximate surface area is 103 Å². The van der Waals surface area contributed by atoms with Crippen molar-refractivity contribution in [3.8, 4) is 12.3 Å². The Bertz CT molecular complexity index is 532. The Morgan fingerprint density at radius 1 is 1.39 bits per heavy atom. The van der Waals surface area contributed by atoms with Crippen LogP contribution in [0.2, 0.25) is 0 Å². The minimum Gasteiger partial charge on any atom is -0.394 e. The number of aliphatic hydroxyl groups excluding tert-OH is 3. The van der Waals surface area contributed by atoms with Crippen LogP contribution in [-0.4, -0.2) is 45.2 Å². The Morgan fingerprint density at radius 2 is 2.11 bits per heavy atom. The van der Waals surface area contributed by atoms with Crippen LogP contribution in [-0.2, 0) is 4.74 Å². The lowest BCUT2D eigenvalue weighted by Crippen LogP contribution is -2.32. The average molecular weight is 251 g/mol. The topological polar surface area (TPSA) is 103 Å². The van der Waals surface area contributed by atoms with Crippen LogP contribution < -0.4 is 5.56 Å². The lowest BCUT2D eigenvalue weighted by Gasteiger charge is -2.16. The molecule has 0 radical (unpaired) electrons. The molecule has 1 aliphatic heterocycles. The molecule has 4 N–H and O–H groups in total. The zero-order valence-electron chi connectivity index (χ0n) is 9.41. The maximum Gasteiger partial charge on any atom is 0.248 e. The largest absolute Gasteiger partial charge is 0.394 e. The number of ether oxygens (including phenoxy) is 1. The number of aliphatic hydroxyl groups is 3. The van der Waals surface area contributed by atoms with Crippen molar-refractivity contribution in [1.29, 1.82) is 0 Å². The molecule has 0 bridgehead atoms. The molecule has 1 saturated heterocycles. The van der Waals surface area contributed by atoms with Crippen LogP contribution in [0.1, 0.15) is 17.4 Å². The van der Waals surface area contributed by atoms with E-state index in [0.717, 1.165) is 0 Å². The number of hydrogen-bond donors (Lipinski definition) is 4. The Hall–Kier alpha value is -1.65. The zero-order chi connectivity index (χ0) is 13.3. The SMILES string of the molecule is C#Cc1[nH]c(=O)ccc1C1OC(CO)C(O)C1O. The summed E-state index contributed by atoms with van der Waals surface area (Å²) in [6.45, 7) is -0.413. The average Bonchev–Trinajstić information content (AvgIpc) is 2.66. The molecule has 18 heavy (non-hydrogen) atoms. The minimum absolute atomic E-state index is 0.192. The van der Waals surface area contributed by atoms with Crippen molar-refractivity contribution in [2.45, 2.75) is 24.4 Å². The molecular formula is C12H13NO5. The lowest BCUT2D eigenvalue weighted by atomic mass is 10.0. The number of pyridine rings is 1. The third-order valence-electron chi connectivity index (χ3n) is 2.94. The monoisotopic (exact) mass is 251 g/mol. The van der Waals surface area contributed by atoms with Crippen LogP contribution in [0.5, 0.6) is 0 Å². The van der Waals surface area contributed by atoms with Crippen LogP contribution in [0.3, 0.4) is 0 Å². The van der Waals surface area contributed by atoms with Gasteiger partial charge in [0.1, 0.15) is 24.4 Å². The molecule has 6 nitrogen and oxygen atoms in total. The predicted octanol–water partition coefficient (Wildman–Crippen LogP) is -1.49. The molecule has 1 aromatic rings. The zero-order valence-corrected chi connectivity index (χ0v) is 9.41. The van der Waals surface area contributed by atoms with E-state index in [1.165, 1.54) is 12.1 Å². The highest BCUT2D eigenvalue weighted by atomic mass is 16.6. The van der Waals surface area contributed by atoms with Gasteiger partial charge in [0, 0.05) is 11.6 Å². The molecule has 96 valence electrons. The van der Waals surface area contributed by atoms with Gasteiger partial charge in [0.2, 0.25) is 5.56 Å². The summed E-state index contributed by atoms with van der Waals surface area (Å²) in [6.07, 6.45) is 1.11. The fourth-order valence-electron chi connectivity index (χ4n) is 2.00. The minimum atomic E-state index is -1.21. The standard InChI is InChI=1S/C12H13NO5/c1-2-7-6(3-4-9(15)13-7)12-11(17)10(16)8(5-14)18-12/h1,3-4,8,10-12,14,16-17H,5H2,(H,13,15). The van der Waals surface area contributed by atoms with Gasteiger partial charge in [-0.2, -0.15) is 0 Å². The van der Waals surface area contributed by atoms with Crippen molar-refractivity contribution in [1.82, 2.24) is 4.98 Å². The summed E-state index contributed by atoms with van der Waals surface area (Å²) < 4.78 is 5.34. The quantitative estimate of drug-likeness (QED) is 0.480. The van der Waals surface area contributed by atoms with Gasteiger partial charge in [-0.25, -0.2) is 0 Å². The molecule has 2 heterocycles. The molecule has 1 aromatic heterocycles. The second-order valence-corrected chi connectivity index (χ2v) is 4.06. The van der Waals surface area contributed by atoms with Gasteiger partial charge < -0.3 is 25.0 Å². The van der Waals surface area contributed by atoms with Gasteiger partial charge >= 0.3 is 0 Å². The summed E-state index contributed by atoms with van der Waals surface area (Å²) in [5.41, 5.74) is 0.232. The van der Waals surface area contributed by atoms with E-state index < -0.39 is 31.0 Å². The predicted molar refractivity (Wildman–Crippen MR) is 61.7 cm³/mol. The molecule has 4 unspecified atom stereocenters. The molecule has 0 aromatic carbocycles. The van der Waals surface area contributed by atoms with Crippen LogP contribution in [0.25, 0.3) is 0 Å². The van der Waals surface area contributed by atoms with E-state index in [9.17, 15) is 15.0 Å². The molecule has 2 rings (SSSR count). The number of hydrogen-bond acceptors (Lipinski definition) is 5. The molecule has 1 fully saturated rings. The Kier molecular flexibility index (Phi) is 3.50. The first-order chi connectivity index (χ1) is 8.58. The summed E-state index contributed by atoms with van der Waals surface area (Å²) in [7, 11) is 0. The molecule has 0 aliphatic carbocycles. The maximum atomic E-state index is 11.1. The van der Waals surface area contributed by atoms with E-state index in [4.69, 9.17) is 16.3 Å². The Morgan fingerprint density at radius 3 is 2.67 bits per heavy atom. The maximum absolute atomic E-state index is 11.1. The van der Waals surface area contributed by atoms with Crippen LogP contribution in [0.15, 0.2) is 16.9 Å². The molecule has 0 saturated carbocycles. The molecule has 1 aliphatic rings. The first-order valence-corrected chi connectivity index (χ1v) is 5.40. The number of aromatic amines is 1. The van der Waals surface area contributed by atoms with Gasteiger partial charge in [-0.3, -0.25) is 4.79 Å². The smallest absolute Gasteiger partial charge is 0.248 e. The summed E-state index contributed by atoms with van der Waals surface area (Å²) >= 11 is 0. The number of rotatable bonds is 2. The van der Waals surface area contributed by atoms with E-state index in [1.54, 1.807) is 0 Å². The van der Waals surface area contributed by atoms with E-state index >= 15 is 0 Å². The fourth-order valence-corrected chi connectivity index (χ4v) is 2.00. The summed E-state index contributed by atoms with van der Waals surface area (Å²) in [6, 6.07) is 2.69. The van der Waals surface area contributed by atoms with Crippen molar-refractivity contribution in [3.05, 3.63) is 33.7 Å². The van der Waals surface area contributed by atoms with Crippen LogP contribution >= 0.6 is 0 Å². The lowest BCUT2D eigenvalue weighted by molar-refractivity contribution is -0.0229. The fraction of sp³-hybridized carbons (Fsp3) is 0.417. The van der Waals surface area contributed by atoms with Crippen LogP contribution in [0, 0.1) is 12.3 Å². The van der Waals surface area contributed by atoms with Gasteiger partial charge in [0.05, 0.1) is 12.3 Å². The third-order valence-corrected chi connectivity index (χ3v) is 2.94. The number of nitrogens with one attached hydrogen (secondary N) is 1. The highest BCUT2D eigenvalue weighted by Gasteiger charge is 2.43. The second kappa shape index (κ2) is 4.92. The van der Waals surface area contributed by atoms with Crippen LogP contribution in [0.4, 0.5) is 0 Å². The summed E-state index contributed by atoms with van der Waals surface area (Å²) in [5, 5.41) is 28.5. The van der Waals surface area contributed by atoms with Crippen molar-refractivity contribution in [3.63, 3.8) is 0 Å². The summed E-state index contributed by atoms with van der Waals surface area (Å²) in [4.78, 5) is 13.6.